The molecule has 1 saturated heterocycles. The number of anilines is 1. The van der Waals surface area contributed by atoms with E-state index < -0.39 is 0 Å². The Morgan fingerprint density at radius 2 is 1.94 bits per heavy atom. The number of benzene rings is 2. The number of quaternary nitrogens is 1. The van der Waals surface area contributed by atoms with Crippen molar-refractivity contribution in [2.75, 3.05) is 37.7 Å². The zero-order valence-corrected chi connectivity index (χ0v) is 17.9. The molecule has 7 heteroatoms. The van der Waals surface area contributed by atoms with Crippen LogP contribution in [0, 0.1) is 11.3 Å². The number of aliphatic hydroxyl groups excluding tert-OH is 1. The van der Waals surface area contributed by atoms with Crippen molar-refractivity contribution in [3.05, 3.63) is 60.1 Å². The van der Waals surface area contributed by atoms with Crippen LogP contribution < -0.4 is 14.5 Å². The second kappa shape index (κ2) is 9.11. The van der Waals surface area contributed by atoms with E-state index in [-0.39, 0.29) is 17.4 Å². The van der Waals surface area contributed by atoms with Crippen molar-refractivity contribution in [3.8, 4) is 11.8 Å². The van der Waals surface area contributed by atoms with E-state index in [1.54, 1.807) is 0 Å². The number of hydrogen-bond donors (Lipinski definition) is 3. The van der Waals surface area contributed by atoms with Crippen molar-refractivity contribution >= 4 is 22.3 Å². The van der Waals surface area contributed by atoms with Crippen LogP contribution >= 0.6 is 0 Å². The molecule has 0 bridgehead atoms. The Morgan fingerprint density at radius 3 is 2.65 bits per heavy atom. The van der Waals surface area contributed by atoms with Crippen LogP contribution in [0.2, 0.25) is 0 Å². The Kier molecular flexibility index (Phi) is 6.10. The summed E-state index contributed by atoms with van der Waals surface area (Å²) in [5.74, 6) is 1.40. The summed E-state index contributed by atoms with van der Waals surface area (Å²) in [6.07, 6.45) is 0. The highest BCUT2D eigenvalue weighted by molar-refractivity contribution is 5.82. The fraction of sp³-hybridized carbons (Fsp3) is 0.333. The van der Waals surface area contributed by atoms with Crippen molar-refractivity contribution < 1.29 is 14.7 Å². The lowest BCUT2D eigenvalue weighted by atomic mass is 10.1. The van der Waals surface area contributed by atoms with Gasteiger partial charge in [0.1, 0.15) is 23.4 Å². The molecular formula is C24H28N5O2+. The summed E-state index contributed by atoms with van der Waals surface area (Å²) in [7, 11) is 0. The number of rotatable bonds is 6. The van der Waals surface area contributed by atoms with Gasteiger partial charge in [-0.1, -0.05) is 24.3 Å². The lowest BCUT2D eigenvalue weighted by Gasteiger charge is -2.36. The second-order valence-corrected chi connectivity index (χ2v) is 7.74. The molecule has 3 aromatic rings. The van der Waals surface area contributed by atoms with Crippen molar-refractivity contribution in [2.24, 2.45) is 0 Å². The number of aromatic nitrogens is 2. The molecule has 7 nitrogen and oxygen atoms in total. The number of fused-ring (bicyclic) bond motifs is 1. The molecule has 0 saturated carbocycles. The number of imidazole rings is 1. The number of hydrogen-bond acceptors (Lipinski definition) is 5. The summed E-state index contributed by atoms with van der Waals surface area (Å²) >= 11 is 0. The summed E-state index contributed by atoms with van der Waals surface area (Å²) in [5.41, 5.74) is 2.94. The first-order valence-corrected chi connectivity index (χ1v) is 10.7. The molecule has 0 aliphatic carbocycles. The van der Waals surface area contributed by atoms with Crippen LogP contribution in [0.25, 0.3) is 16.6 Å². The number of allylic oxidation sites excluding steroid dienone is 1. The molecule has 0 radical (unpaired) electrons. The van der Waals surface area contributed by atoms with E-state index in [1.807, 2.05) is 56.3 Å². The standard InChI is InChI=1S/C24H27N5O2/c1-3-31-22-11-7-6-10-21(22)29-14-12-28(13-15-29)17(2)23(30)18(16-25)24-26-19-8-4-5-9-20(19)27-24/h4-11,17,30H,3,12-15H2,1-2H3,(H,26,27)/p+1/b23-18-/t17-/m0/s1. The third-order valence-electron chi connectivity index (χ3n) is 5.93. The van der Waals surface area contributed by atoms with Gasteiger partial charge in [0.2, 0.25) is 0 Å². The number of H-pyrrole nitrogens is 1. The maximum absolute atomic E-state index is 10.9. The molecule has 1 aliphatic rings. The number of piperazine rings is 1. The Labute approximate surface area is 182 Å². The maximum atomic E-state index is 10.9. The highest BCUT2D eigenvalue weighted by atomic mass is 16.5. The van der Waals surface area contributed by atoms with Gasteiger partial charge in [-0.3, -0.25) is 0 Å². The van der Waals surface area contributed by atoms with Crippen LogP contribution in [-0.4, -0.2) is 53.9 Å². The Morgan fingerprint density at radius 1 is 1.23 bits per heavy atom. The van der Waals surface area contributed by atoms with Crippen molar-refractivity contribution in [3.63, 3.8) is 0 Å². The monoisotopic (exact) mass is 418 g/mol. The average molecular weight is 419 g/mol. The van der Waals surface area contributed by atoms with Gasteiger partial charge in [-0.25, -0.2) is 4.98 Å². The number of nitriles is 1. The quantitative estimate of drug-likeness (QED) is 0.423. The molecule has 0 unspecified atom stereocenters. The molecule has 2 heterocycles. The van der Waals surface area contributed by atoms with E-state index in [0.29, 0.717) is 12.4 Å². The predicted molar refractivity (Wildman–Crippen MR) is 121 cm³/mol. The topological polar surface area (TPSA) is 89.6 Å². The number of nitrogens with one attached hydrogen (secondary N) is 2. The number of para-hydroxylation sites is 4. The third kappa shape index (κ3) is 4.21. The Hall–Kier alpha value is -3.50. The van der Waals surface area contributed by atoms with Crippen molar-refractivity contribution in [1.82, 2.24) is 9.97 Å². The summed E-state index contributed by atoms with van der Waals surface area (Å²) in [6, 6.07) is 17.7. The number of aromatic amines is 1. The first-order valence-electron chi connectivity index (χ1n) is 10.7. The van der Waals surface area contributed by atoms with Crippen molar-refractivity contribution in [2.45, 2.75) is 19.9 Å². The van der Waals surface area contributed by atoms with E-state index in [9.17, 15) is 10.4 Å². The van der Waals surface area contributed by atoms with Gasteiger partial charge < -0.3 is 24.6 Å². The lowest BCUT2D eigenvalue weighted by molar-refractivity contribution is -0.919. The van der Waals surface area contributed by atoms with Crippen LogP contribution in [0.5, 0.6) is 5.75 Å². The molecule has 160 valence electrons. The number of nitrogens with zero attached hydrogens (tertiary/aromatic N) is 3. The zero-order valence-electron chi connectivity index (χ0n) is 17.9. The fourth-order valence-electron chi connectivity index (χ4n) is 4.18. The molecule has 4 rings (SSSR count). The molecule has 2 aromatic carbocycles. The predicted octanol–water partition coefficient (Wildman–Crippen LogP) is 2.55. The fourth-order valence-corrected chi connectivity index (χ4v) is 4.18. The van der Waals surface area contributed by atoms with E-state index in [1.165, 1.54) is 4.90 Å². The van der Waals surface area contributed by atoms with Gasteiger partial charge in [0.25, 0.3) is 0 Å². The molecular weight excluding hydrogens is 390 g/mol. The first kappa shape index (κ1) is 20.8. The maximum Gasteiger partial charge on any atom is 0.172 e. The SMILES string of the molecule is CCOc1ccccc1N1CC[NH+]([C@@H](C)/C(O)=C(\C#N)c2nc3ccccc3[nH]2)CC1. The van der Waals surface area contributed by atoms with E-state index in [4.69, 9.17) is 4.74 Å². The minimum Gasteiger partial charge on any atom is -0.505 e. The highest BCUT2D eigenvalue weighted by Gasteiger charge is 2.30. The molecule has 1 aromatic heterocycles. The molecule has 1 atom stereocenters. The number of aliphatic hydroxyl groups is 1. The minimum absolute atomic E-state index is 0.0831. The summed E-state index contributed by atoms with van der Waals surface area (Å²) in [4.78, 5) is 11.2. The van der Waals surface area contributed by atoms with E-state index >= 15 is 0 Å². The second-order valence-electron chi connectivity index (χ2n) is 7.74. The lowest BCUT2D eigenvalue weighted by Crippen LogP contribution is -3.18. The van der Waals surface area contributed by atoms with Gasteiger partial charge in [0.15, 0.2) is 11.6 Å². The van der Waals surface area contributed by atoms with Gasteiger partial charge in [-0.05, 0) is 38.1 Å². The van der Waals surface area contributed by atoms with Crippen LogP contribution in [0.4, 0.5) is 5.69 Å². The van der Waals surface area contributed by atoms with Crippen LogP contribution in [0.15, 0.2) is 54.3 Å². The molecule has 0 amide bonds. The van der Waals surface area contributed by atoms with Gasteiger partial charge in [0.05, 0.1) is 49.5 Å². The van der Waals surface area contributed by atoms with Gasteiger partial charge in [-0.2, -0.15) is 5.26 Å². The van der Waals surface area contributed by atoms with Crippen molar-refractivity contribution in [1.29, 1.82) is 5.26 Å². The Bertz CT molecular complexity index is 1090. The van der Waals surface area contributed by atoms with Crippen LogP contribution in [0.1, 0.15) is 19.7 Å². The Balaban J connectivity index is 1.50. The molecule has 1 aliphatic heterocycles. The van der Waals surface area contributed by atoms with Crippen LogP contribution in [-0.2, 0) is 0 Å². The smallest absolute Gasteiger partial charge is 0.172 e. The van der Waals surface area contributed by atoms with Gasteiger partial charge in [0, 0.05) is 0 Å². The first-order chi connectivity index (χ1) is 15.1. The van der Waals surface area contributed by atoms with Gasteiger partial charge >= 0.3 is 0 Å². The zero-order chi connectivity index (χ0) is 21.8. The summed E-state index contributed by atoms with van der Waals surface area (Å²) < 4.78 is 5.78. The number of ether oxygens (including phenoxy) is 1. The minimum atomic E-state index is -0.202. The van der Waals surface area contributed by atoms with Gasteiger partial charge in [-0.15, -0.1) is 0 Å². The molecule has 3 N–H and O–H groups in total. The molecule has 0 spiro atoms. The molecule has 31 heavy (non-hydrogen) atoms. The highest BCUT2D eigenvalue weighted by Crippen LogP contribution is 2.28. The third-order valence-corrected chi connectivity index (χ3v) is 5.93. The summed E-state index contributed by atoms with van der Waals surface area (Å²) in [5, 5.41) is 20.7. The normalized spacial score (nSPS) is 16.6. The molecule has 1 fully saturated rings. The summed E-state index contributed by atoms with van der Waals surface area (Å²) in [6.45, 7) is 8.00. The van der Waals surface area contributed by atoms with E-state index in [2.05, 4.69) is 27.0 Å². The average Bonchev–Trinajstić information content (AvgIpc) is 3.23. The van der Waals surface area contributed by atoms with Crippen LogP contribution in [0.3, 0.4) is 0 Å². The largest absolute Gasteiger partial charge is 0.505 e. The van der Waals surface area contributed by atoms with E-state index in [0.717, 1.165) is 48.6 Å².